The Hall–Kier alpha value is -3.37. The molecule has 0 unspecified atom stereocenters. The van der Waals surface area contributed by atoms with Crippen molar-refractivity contribution in [2.45, 2.75) is 31.5 Å². The zero-order valence-corrected chi connectivity index (χ0v) is 16.3. The third-order valence-electron chi connectivity index (χ3n) is 5.01. The summed E-state index contributed by atoms with van der Waals surface area (Å²) in [6, 6.07) is 3.91. The quantitative estimate of drug-likeness (QED) is 0.702. The Kier molecular flexibility index (Phi) is 4.96. The molecule has 1 aliphatic carbocycles. The molecule has 3 heterocycles. The number of nitrogens with zero attached hydrogens (tertiary/aromatic N) is 5. The molecule has 30 heavy (non-hydrogen) atoms. The first-order valence-corrected chi connectivity index (χ1v) is 9.27. The zero-order valence-electron chi connectivity index (χ0n) is 16.3. The molecule has 1 atom stereocenters. The molecule has 0 spiro atoms. The van der Waals surface area contributed by atoms with Crippen molar-refractivity contribution < 1.29 is 22.7 Å². The highest BCUT2D eigenvalue weighted by Crippen LogP contribution is 2.31. The van der Waals surface area contributed by atoms with Crippen molar-refractivity contribution in [3.8, 4) is 11.6 Å². The van der Waals surface area contributed by atoms with Gasteiger partial charge >= 0.3 is 6.18 Å². The van der Waals surface area contributed by atoms with Crippen molar-refractivity contribution in [1.82, 2.24) is 29.9 Å². The Balaban J connectivity index is 1.59. The van der Waals surface area contributed by atoms with Gasteiger partial charge in [-0.15, -0.1) is 0 Å². The van der Waals surface area contributed by atoms with Crippen molar-refractivity contribution in [2.75, 3.05) is 7.11 Å². The van der Waals surface area contributed by atoms with Crippen molar-refractivity contribution in [3.63, 3.8) is 0 Å². The van der Waals surface area contributed by atoms with E-state index in [0.29, 0.717) is 12.3 Å². The van der Waals surface area contributed by atoms with E-state index in [1.165, 1.54) is 14.2 Å². The van der Waals surface area contributed by atoms with E-state index in [9.17, 15) is 18.0 Å². The third kappa shape index (κ3) is 3.74. The molecule has 3 aromatic heterocycles. The van der Waals surface area contributed by atoms with Crippen LogP contribution in [0, 0.1) is 0 Å². The lowest BCUT2D eigenvalue weighted by molar-refractivity contribution is -0.141. The number of halogens is 3. The second-order valence-electron chi connectivity index (χ2n) is 6.99. The van der Waals surface area contributed by atoms with E-state index in [2.05, 4.69) is 20.5 Å². The largest absolute Gasteiger partial charge is 0.481 e. The Morgan fingerprint density at radius 3 is 2.80 bits per heavy atom. The molecular formula is C19H19F3N6O2. The highest BCUT2D eigenvalue weighted by molar-refractivity contribution is 5.93. The molecule has 158 valence electrons. The number of aromatic nitrogens is 5. The predicted molar refractivity (Wildman–Crippen MR) is 99.3 cm³/mol. The molecule has 0 bridgehead atoms. The molecule has 11 heteroatoms. The van der Waals surface area contributed by atoms with Crippen molar-refractivity contribution in [3.05, 3.63) is 53.2 Å². The van der Waals surface area contributed by atoms with E-state index in [1.807, 2.05) is 6.20 Å². The molecule has 0 radical (unpaired) electrons. The summed E-state index contributed by atoms with van der Waals surface area (Å²) >= 11 is 0. The number of rotatable bonds is 4. The third-order valence-corrected chi connectivity index (χ3v) is 5.01. The summed E-state index contributed by atoms with van der Waals surface area (Å²) in [5.74, 6) is -0.167. The van der Waals surface area contributed by atoms with E-state index in [0.717, 1.165) is 40.5 Å². The van der Waals surface area contributed by atoms with Gasteiger partial charge in [0.25, 0.3) is 5.91 Å². The smallest absolute Gasteiger partial charge is 0.435 e. The van der Waals surface area contributed by atoms with Crippen LogP contribution in [0.5, 0.6) is 5.88 Å². The Morgan fingerprint density at radius 2 is 2.10 bits per heavy atom. The Bertz CT molecular complexity index is 1090. The number of alkyl halides is 3. The van der Waals surface area contributed by atoms with Crippen LogP contribution in [-0.4, -0.2) is 37.6 Å². The van der Waals surface area contributed by atoms with Crippen LogP contribution in [0.1, 0.15) is 46.3 Å². The molecular weight excluding hydrogens is 401 g/mol. The zero-order chi connectivity index (χ0) is 21.5. The number of carbonyl (C=O) groups excluding carboxylic acids is 1. The van der Waals surface area contributed by atoms with Crippen LogP contribution in [-0.2, 0) is 19.6 Å². The number of methoxy groups -OCH3 is 1. The predicted octanol–water partition coefficient (Wildman–Crippen LogP) is 2.84. The van der Waals surface area contributed by atoms with E-state index in [4.69, 9.17) is 4.74 Å². The van der Waals surface area contributed by atoms with Crippen LogP contribution in [0.2, 0.25) is 0 Å². The number of aryl methyl sites for hydroxylation is 2. The molecule has 3 aromatic rings. The summed E-state index contributed by atoms with van der Waals surface area (Å²) in [6.45, 7) is 0. The van der Waals surface area contributed by atoms with E-state index >= 15 is 0 Å². The maximum Gasteiger partial charge on any atom is 0.435 e. The van der Waals surface area contributed by atoms with Crippen LogP contribution in [0.3, 0.4) is 0 Å². The van der Waals surface area contributed by atoms with Gasteiger partial charge in [-0.2, -0.15) is 23.4 Å². The second kappa shape index (κ2) is 7.47. The minimum atomic E-state index is -4.61. The van der Waals surface area contributed by atoms with Crippen molar-refractivity contribution >= 4 is 5.91 Å². The number of hydrogen-bond acceptors (Lipinski definition) is 5. The van der Waals surface area contributed by atoms with Gasteiger partial charge in [-0.25, -0.2) is 9.67 Å². The van der Waals surface area contributed by atoms with Gasteiger partial charge in [0.05, 0.1) is 24.5 Å². The van der Waals surface area contributed by atoms with Crippen LogP contribution in [0.15, 0.2) is 30.6 Å². The van der Waals surface area contributed by atoms with Crippen LogP contribution < -0.4 is 10.1 Å². The number of ether oxygens (including phenoxy) is 1. The molecule has 1 amide bonds. The normalized spacial score (nSPS) is 16.2. The highest BCUT2D eigenvalue weighted by Gasteiger charge is 2.36. The lowest BCUT2D eigenvalue weighted by atomic mass is 9.93. The SMILES string of the molecule is COc1cc(-n2cc3c(n2)CCC[C@@H]3NC(=O)c2cc(C(F)(F)F)nn2C)ccn1. The van der Waals surface area contributed by atoms with Crippen LogP contribution >= 0.6 is 0 Å². The Morgan fingerprint density at radius 1 is 1.30 bits per heavy atom. The van der Waals surface area contributed by atoms with Gasteiger partial charge in [0.15, 0.2) is 5.69 Å². The van der Waals surface area contributed by atoms with Crippen LogP contribution in [0.25, 0.3) is 5.69 Å². The lowest BCUT2D eigenvalue weighted by Crippen LogP contribution is -2.31. The minimum absolute atomic E-state index is 0.152. The van der Waals surface area contributed by atoms with Gasteiger partial charge in [-0.1, -0.05) is 0 Å². The van der Waals surface area contributed by atoms with Gasteiger partial charge in [0.2, 0.25) is 5.88 Å². The standard InChI is InChI=1S/C19H19F3N6O2/c1-27-15(9-16(26-27)19(20,21)22)18(29)24-13-4-3-5-14-12(13)10-28(25-14)11-6-7-23-17(8-11)30-2/h6-10,13H,3-5H2,1-2H3,(H,24,29)/t13-/m0/s1. The van der Waals surface area contributed by atoms with E-state index in [-0.39, 0.29) is 11.7 Å². The average Bonchev–Trinajstić information content (AvgIpc) is 3.32. The number of carbonyl (C=O) groups is 1. The van der Waals surface area contributed by atoms with Crippen molar-refractivity contribution in [2.24, 2.45) is 7.05 Å². The minimum Gasteiger partial charge on any atom is -0.481 e. The molecule has 1 N–H and O–H groups in total. The number of fused-ring (bicyclic) bond motifs is 1. The summed E-state index contributed by atoms with van der Waals surface area (Å²) in [4.78, 5) is 16.7. The second-order valence-corrected chi connectivity index (χ2v) is 6.99. The van der Waals surface area contributed by atoms with Gasteiger partial charge in [0.1, 0.15) is 5.69 Å². The van der Waals surface area contributed by atoms with Crippen molar-refractivity contribution in [1.29, 1.82) is 0 Å². The fourth-order valence-corrected chi connectivity index (χ4v) is 3.52. The average molecular weight is 420 g/mol. The van der Waals surface area contributed by atoms with Gasteiger partial charge < -0.3 is 10.1 Å². The summed E-state index contributed by atoms with van der Waals surface area (Å²) in [7, 11) is 2.83. The summed E-state index contributed by atoms with van der Waals surface area (Å²) in [5.41, 5.74) is 1.18. The number of nitrogens with one attached hydrogen (secondary N) is 1. The maximum atomic E-state index is 12.9. The topological polar surface area (TPSA) is 86.9 Å². The van der Waals surface area contributed by atoms with Gasteiger partial charge in [-0.05, 0) is 25.3 Å². The Labute approximate surface area is 169 Å². The molecule has 0 fully saturated rings. The molecule has 0 aliphatic heterocycles. The van der Waals surface area contributed by atoms with Crippen LogP contribution in [0.4, 0.5) is 13.2 Å². The maximum absolute atomic E-state index is 12.9. The van der Waals surface area contributed by atoms with Gasteiger partial charge in [0, 0.05) is 37.1 Å². The number of pyridine rings is 1. The molecule has 0 saturated heterocycles. The summed E-state index contributed by atoms with van der Waals surface area (Å²) in [6.07, 6.45) is 1.02. The van der Waals surface area contributed by atoms with E-state index in [1.54, 1.807) is 23.0 Å². The fourth-order valence-electron chi connectivity index (χ4n) is 3.52. The highest BCUT2D eigenvalue weighted by atomic mass is 19.4. The van der Waals surface area contributed by atoms with Gasteiger partial charge in [-0.3, -0.25) is 9.48 Å². The number of hydrogen-bond donors (Lipinski definition) is 1. The first kappa shape index (κ1) is 19.9. The molecule has 4 rings (SSSR count). The monoisotopic (exact) mass is 420 g/mol. The molecule has 0 aromatic carbocycles. The first-order valence-electron chi connectivity index (χ1n) is 9.27. The lowest BCUT2D eigenvalue weighted by Gasteiger charge is -2.22. The number of amides is 1. The first-order chi connectivity index (χ1) is 14.3. The summed E-state index contributed by atoms with van der Waals surface area (Å²) in [5, 5.41) is 10.8. The molecule has 8 nitrogen and oxygen atoms in total. The fraction of sp³-hybridized carbons (Fsp3) is 0.368. The molecule has 0 saturated carbocycles. The van der Waals surface area contributed by atoms with E-state index < -0.39 is 17.8 Å². The summed E-state index contributed by atoms with van der Waals surface area (Å²) < 4.78 is 46.4. The molecule has 1 aliphatic rings.